The predicted molar refractivity (Wildman–Crippen MR) is 93.2 cm³/mol. The van der Waals surface area contributed by atoms with Gasteiger partial charge in [0.2, 0.25) is 0 Å². The zero-order chi connectivity index (χ0) is 14.9. The molecule has 1 heterocycles. The van der Waals surface area contributed by atoms with Gasteiger partial charge in [0.25, 0.3) is 0 Å². The molecule has 4 rings (SSSR count). The molecule has 113 valence electrons. The van der Waals surface area contributed by atoms with Crippen LogP contribution in [0, 0.1) is 6.67 Å². The fourth-order valence-corrected chi connectivity index (χ4v) is 3.50. The van der Waals surface area contributed by atoms with Crippen molar-refractivity contribution >= 4 is 23.0 Å². The Bertz CT molecular complexity index is 639. The molecule has 0 N–H and O–H groups in total. The Morgan fingerprint density at radius 2 is 1.64 bits per heavy atom. The molecular weight excluding hydrogens is 292 g/mol. The zero-order valence-electron chi connectivity index (χ0n) is 12.5. The first-order valence-electron chi connectivity index (χ1n) is 8.00. The van der Waals surface area contributed by atoms with E-state index in [2.05, 4.69) is 71.1 Å². The largest absolute Gasteiger partial charge is 0.343 e. The van der Waals surface area contributed by atoms with Crippen molar-refractivity contribution in [3.8, 4) is 0 Å². The van der Waals surface area contributed by atoms with E-state index in [1.165, 1.54) is 29.8 Å². The fraction of sp³-hybridized carbons (Fsp3) is 0.316. The Morgan fingerprint density at radius 1 is 0.955 bits per heavy atom. The fourth-order valence-electron chi connectivity index (χ4n) is 3.30. The van der Waals surface area contributed by atoms with Crippen LogP contribution >= 0.6 is 11.6 Å². The summed E-state index contributed by atoms with van der Waals surface area (Å²) >= 11 is 6.11. The Labute approximate surface area is 137 Å². The predicted octanol–water partition coefficient (Wildman–Crippen LogP) is 4.96. The maximum Gasteiger partial charge on any atom is 0.143 e. The lowest BCUT2D eigenvalue weighted by Gasteiger charge is -2.30. The van der Waals surface area contributed by atoms with Crippen molar-refractivity contribution in [2.45, 2.75) is 31.3 Å². The van der Waals surface area contributed by atoms with Crippen LogP contribution in [0.3, 0.4) is 0 Å². The quantitative estimate of drug-likeness (QED) is 0.720. The van der Waals surface area contributed by atoms with Gasteiger partial charge in [-0.05, 0) is 37.0 Å². The number of fused-ring (bicyclic) bond motifs is 1. The minimum absolute atomic E-state index is 0.295. The molecule has 1 aliphatic heterocycles. The summed E-state index contributed by atoms with van der Waals surface area (Å²) in [4.78, 5) is 4.85. The van der Waals surface area contributed by atoms with Gasteiger partial charge in [-0.2, -0.15) is 0 Å². The van der Waals surface area contributed by atoms with Crippen molar-refractivity contribution < 1.29 is 0 Å². The third-order valence-electron chi connectivity index (χ3n) is 4.53. The second kappa shape index (κ2) is 5.85. The van der Waals surface area contributed by atoms with Crippen molar-refractivity contribution in [3.05, 3.63) is 66.8 Å². The van der Waals surface area contributed by atoms with Gasteiger partial charge in [0.1, 0.15) is 6.67 Å². The molecule has 2 aromatic rings. The highest BCUT2D eigenvalue weighted by atomic mass is 35.5. The van der Waals surface area contributed by atoms with E-state index in [9.17, 15) is 0 Å². The van der Waals surface area contributed by atoms with E-state index in [1.807, 2.05) is 0 Å². The average molecular weight is 312 g/mol. The summed E-state index contributed by atoms with van der Waals surface area (Å²) in [6.07, 6.45) is 3.53. The molecule has 3 heteroatoms. The average Bonchev–Trinajstić information content (AvgIpc) is 3.35. The summed E-state index contributed by atoms with van der Waals surface area (Å²) < 4.78 is 0. The lowest BCUT2D eigenvalue weighted by Crippen LogP contribution is -2.30. The van der Waals surface area contributed by atoms with Crippen molar-refractivity contribution in [2.24, 2.45) is 0 Å². The Hall–Kier alpha value is -1.67. The van der Waals surface area contributed by atoms with Gasteiger partial charge in [0.05, 0.1) is 17.4 Å². The van der Waals surface area contributed by atoms with Gasteiger partial charge < -0.3 is 9.80 Å². The highest BCUT2D eigenvalue weighted by Gasteiger charge is 2.39. The first-order chi connectivity index (χ1) is 10.9. The molecule has 0 unspecified atom stereocenters. The summed E-state index contributed by atoms with van der Waals surface area (Å²) in [6.45, 7) is 2.30. The molecule has 0 aromatic heterocycles. The van der Waals surface area contributed by atoms with Gasteiger partial charge in [-0.1, -0.05) is 42.5 Å². The minimum Gasteiger partial charge on any atom is -0.343 e. The van der Waals surface area contributed by atoms with Crippen LogP contribution in [-0.4, -0.2) is 11.9 Å². The van der Waals surface area contributed by atoms with E-state index in [4.69, 9.17) is 11.6 Å². The number of hydrogen-bond acceptors (Lipinski definition) is 2. The maximum absolute atomic E-state index is 6.11. The zero-order valence-corrected chi connectivity index (χ0v) is 13.3. The molecule has 1 atom stereocenters. The maximum atomic E-state index is 6.11. The SMILES string of the molecule is ClCC[C@@H](c1ccccc1)N1[CH]N(C2CC2)c2ccccc21. The second-order valence-corrected chi connectivity index (χ2v) is 6.43. The number of alkyl halides is 1. The number of rotatable bonds is 5. The van der Waals surface area contributed by atoms with Gasteiger partial charge in [0, 0.05) is 11.9 Å². The van der Waals surface area contributed by atoms with Crippen LogP contribution < -0.4 is 9.80 Å². The van der Waals surface area contributed by atoms with Crippen LogP contribution in [0.25, 0.3) is 0 Å². The van der Waals surface area contributed by atoms with E-state index < -0.39 is 0 Å². The Balaban J connectivity index is 1.71. The van der Waals surface area contributed by atoms with Crippen LogP contribution in [0.4, 0.5) is 11.4 Å². The number of hydrogen-bond donors (Lipinski definition) is 0. The summed E-state index contributed by atoms with van der Waals surface area (Å²) in [7, 11) is 0. The molecule has 1 fully saturated rings. The molecule has 2 nitrogen and oxygen atoms in total. The molecular formula is C19H20ClN2. The molecule has 0 bridgehead atoms. The lowest BCUT2D eigenvalue weighted by atomic mass is 10.0. The number of halogens is 1. The topological polar surface area (TPSA) is 6.48 Å². The minimum atomic E-state index is 0.295. The van der Waals surface area contributed by atoms with Gasteiger partial charge in [-0.3, -0.25) is 0 Å². The first kappa shape index (κ1) is 14.0. The van der Waals surface area contributed by atoms with Crippen molar-refractivity contribution in [3.63, 3.8) is 0 Å². The Kier molecular flexibility index (Phi) is 3.71. The molecule has 0 spiro atoms. The van der Waals surface area contributed by atoms with Crippen LogP contribution in [0.15, 0.2) is 54.6 Å². The van der Waals surface area contributed by atoms with E-state index >= 15 is 0 Å². The van der Waals surface area contributed by atoms with E-state index in [-0.39, 0.29) is 0 Å². The molecule has 1 saturated carbocycles. The molecule has 22 heavy (non-hydrogen) atoms. The smallest absolute Gasteiger partial charge is 0.143 e. The number of benzene rings is 2. The highest BCUT2D eigenvalue weighted by molar-refractivity contribution is 6.17. The standard InChI is InChI=1S/C19H20ClN2/c20-13-12-17(15-6-2-1-3-7-15)22-14-21(16-10-11-16)18-8-4-5-9-19(18)22/h1-9,14,16-17H,10-13H2/t17-/m0/s1. The van der Waals surface area contributed by atoms with Gasteiger partial charge in [0.15, 0.2) is 0 Å². The van der Waals surface area contributed by atoms with Crippen LogP contribution in [-0.2, 0) is 0 Å². The molecule has 1 radical (unpaired) electrons. The molecule has 0 amide bonds. The number of nitrogens with zero attached hydrogens (tertiary/aromatic N) is 2. The molecule has 2 aromatic carbocycles. The monoisotopic (exact) mass is 311 g/mol. The molecule has 1 aliphatic carbocycles. The second-order valence-electron chi connectivity index (χ2n) is 6.05. The van der Waals surface area contributed by atoms with Crippen molar-refractivity contribution in [1.82, 2.24) is 0 Å². The number of anilines is 2. The highest BCUT2D eigenvalue weighted by Crippen LogP contribution is 2.47. The van der Waals surface area contributed by atoms with Crippen LogP contribution in [0.2, 0.25) is 0 Å². The van der Waals surface area contributed by atoms with Crippen molar-refractivity contribution in [1.29, 1.82) is 0 Å². The normalized spacial score (nSPS) is 18.4. The van der Waals surface area contributed by atoms with Crippen molar-refractivity contribution in [2.75, 3.05) is 15.7 Å². The van der Waals surface area contributed by atoms with Gasteiger partial charge >= 0.3 is 0 Å². The summed E-state index contributed by atoms with van der Waals surface area (Å²) in [5, 5.41) is 0. The summed E-state index contributed by atoms with van der Waals surface area (Å²) in [6, 6.07) is 20.4. The third-order valence-corrected chi connectivity index (χ3v) is 4.75. The number of para-hydroxylation sites is 2. The first-order valence-corrected chi connectivity index (χ1v) is 8.53. The lowest BCUT2D eigenvalue weighted by molar-refractivity contribution is 0.647. The van der Waals surface area contributed by atoms with Crippen LogP contribution in [0.1, 0.15) is 30.9 Å². The van der Waals surface area contributed by atoms with E-state index in [0.717, 1.165) is 6.42 Å². The van der Waals surface area contributed by atoms with Crippen LogP contribution in [0.5, 0.6) is 0 Å². The summed E-state index contributed by atoms with van der Waals surface area (Å²) in [5.74, 6) is 0.662. The molecule has 0 saturated heterocycles. The third kappa shape index (κ3) is 2.46. The molecule has 2 aliphatic rings. The van der Waals surface area contributed by atoms with Gasteiger partial charge in [-0.25, -0.2) is 0 Å². The Morgan fingerprint density at radius 3 is 2.32 bits per heavy atom. The van der Waals surface area contributed by atoms with E-state index in [1.54, 1.807) is 0 Å². The summed E-state index contributed by atoms with van der Waals surface area (Å²) in [5.41, 5.74) is 3.96. The van der Waals surface area contributed by atoms with E-state index in [0.29, 0.717) is 18.0 Å². The van der Waals surface area contributed by atoms with Gasteiger partial charge in [-0.15, -0.1) is 11.6 Å².